The van der Waals surface area contributed by atoms with Gasteiger partial charge in [0.15, 0.2) is 0 Å². The Morgan fingerprint density at radius 1 is 1.13 bits per heavy atom. The van der Waals surface area contributed by atoms with Crippen molar-refractivity contribution in [1.29, 1.82) is 0 Å². The number of para-hydroxylation sites is 1. The van der Waals surface area contributed by atoms with Crippen LogP contribution < -0.4 is 10.5 Å². The average Bonchev–Trinajstić information content (AvgIpc) is 3.09. The van der Waals surface area contributed by atoms with Crippen LogP contribution in [0.4, 0.5) is 5.69 Å². The summed E-state index contributed by atoms with van der Waals surface area (Å²) in [6.45, 7) is 4.38. The maximum atomic E-state index is 13.3. The van der Waals surface area contributed by atoms with E-state index in [9.17, 15) is 9.59 Å². The summed E-state index contributed by atoms with van der Waals surface area (Å²) in [5.74, 6) is -0.149. The Hall–Kier alpha value is -2.77. The van der Waals surface area contributed by atoms with Gasteiger partial charge in [-0.05, 0) is 43.7 Å². The lowest BCUT2D eigenvalue weighted by Crippen LogP contribution is -2.36. The first-order valence-corrected chi connectivity index (χ1v) is 11.2. The predicted molar refractivity (Wildman–Crippen MR) is 126 cm³/mol. The average molecular weight is 482 g/mol. The highest BCUT2D eigenvalue weighted by Crippen LogP contribution is 2.35. The fourth-order valence-electron chi connectivity index (χ4n) is 3.56. The number of halogens is 1. The van der Waals surface area contributed by atoms with E-state index in [4.69, 9.17) is 0 Å². The van der Waals surface area contributed by atoms with Crippen molar-refractivity contribution in [3.8, 4) is 11.1 Å². The van der Waals surface area contributed by atoms with Crippen LogP contribution in [0, 0.1) is 6.92 Å². The first kappa shape index (κ1) is 20.5. The molecule has 30 heavy (non-hydrogen) atoms. The number of carbonyl (C=O) groups is 1. The number of anilines is 1. The number of fused-ring (bicyclic) bond motifs is 1. The van der Waals surface area contributed by atoms with E-state index in [1.807, 2.05) is 68.4 Å². The highest BCUT2D eigenvalue weighted by Gasteiger charge is 2.20. The molecule has 0 bridgehead atoms. The lowest BCUT2D eigenvalue weighted by Gasteiger charge is -2.21. The lowest BCUT2D eigenvalue weighted by atomic mass is 10.0. The molecule has 4 aromatic rings. The number of nitrogens with zero attached hydrogens (tertiary/aromatic N) is 3. The van der Waals surface area contributed by atoms with E-state index in [1.54, 1.807) is 4.90 Å². The molecule has 2 heterocycles. The number of aryl methyl sites for hydroxylation is 1. The highest BCUT2D eigenvalue weighted by molar-refractivity contribution is 9.10. The SMILES string of the molecule is CCN(C(=O)Cn1cnc2sc(C)c(-c3ccc(Br)cc3)c2c1=O)c1ccccc1. The van der Waals surface area contributed by atoms with E-state index in [2.05, 4.69) is 20.9 Å². The Labute approximate surface area is 186 Å². The van der Waals surface area contributed by atoms with Crippen LogP contribution in [0.5, 0.6) is 0 Å². The molecular formula is C23H20BrN3O2S. The topological polar surface area (TPSA) is 55.2 Å². The second-order valence-corrected chi connectivity index (χ2v) is 8.99. The molecule has 0 fully saturated rings. The van der Waals surface area contributed by atoms with Gasteiger partial charge in [-0.15, -0.1) is 11.3 Å². The van der Waals surface area contributed by atoms with Gasteiger partial charge in [0.2, 0.25) is 5.91 Å². The minimum atomic E-state index is -0.195. The summed E-state index contributed by atoms with van der Waals surface area (Å²) < 4.78 is 2.38. The van der Waals surface area contributed by atoms with E-state index >= 15 is 0 Å². The van der Waals surface area contributed by atoms with Crippen LogP contribution in [-0.4, -0.2) is 22.0 Å². The zero-order chi connectivity index (χ0) is 21.3. The third-order valence-electron chi connectivity index (χ3n) is 4.98. The first-order valence-electron chi connectivity index (χ1n) is 9.59. The van der Waals surface area contributed by atoms with Gasteiger partial charge >= 0.3 is 0 Å². The first-order chi connectivity index (χ1) is 14.5. The van der Waals surface area contributed by atoms with Crippen LogP contribution in [0.25, 0.3) is 21.3 Å². The molecule has 0 aliphatic heterocycles. The molecule has 7 heteroatoms. The molecule has 152 valence electrons. The summed E-state index contributed by atoms with van der Waals surface area (Å²) >= 11 is 4.95. The van der Waals surface area contributed by atoms with Crippen molar-refractivity contribution in [2.45, 2.75) is 20.4 Å². The van der Waals surface area contributed by atoms with E-state index in [1.165, 1.54) is 22.2 Å². The number of likely N-dealkylation sites (N-methyl/N-ethyl adjacent to an activating group) is 1. The summed E-state index contributed by atoms with van der Waals surface area (Å²) in [4.78, 5) is 34.2. The molecule has 0 spiro atoms. The minimum absolute atomic E-state index is 0.0564. The van der Waals surface area contributed by atoms with Gasteiger partial charge in [-0.1, -0.05) is 46.3 Å². The maximum absolute atomic E-state index is 13.3. The van der Waals surface area contributed by atoms with Crippen molar-refractivity contribution in [2.75, 3.05) is 11.4 Å². The monoisotopic (exact) mass is 481 g/mol. The second-order valence-electron chi connectivity index (χ2n) is 6.87. The van der Waals surface area contributed by atoms with Crippen LogP contribution in [0.1, 0.15) is 11.8 Å². The molecule has 0 radical (unpaired) electrons. The summed E-state index contributed by atoms with van der Waals surface area (Å²) in [7, 11) is 0. The number of hydrogen-bond donors (Lipinski definition) is 0. The molecule has 4 rings (SSSR count). The standard InChI is InChI=1S/C23H20BrN3O2S/c1-3-27(18-7-5-4-6-8-18)19(28)13-26-14-25-22-21(23(26)29)20(15(2)30-22)16-9-11-17(24)12-10-16/h4-12,14H,3,13H2,1-2H3. The van der Waals surface area contributed by atoms with E-state index < -0.39 is 0 Å². The van der Waals surface area contributed by atoms with E-state index in [-0.39, 0.29) is 18.0 Å². The quantitative estimate of drug-likeness (QED) is 0.391. The molecule has 0 saturated carbocycles. The predicted octanol–water partition coefficient (Wildman–Crippen LogP) is 5.25. The number of carbonyl (C=O) groups excluding carboxylic acids is 1. The molecule has 5 nitrogen and oxygen atoms in total. The van der Waals surface area contributed by atoms with Gasteiger partial charge in [0, 0.05) is 27.1 Å². The van der Waals surface area contributed by atoms with Gasteiger partial charge in [-0.3, -0.25) is 14.2 Å². The van der Waals surface area contributed by atoms with Gasteiger partial charge in [0.25, 0.3) is 5.56 Å². The van der Waals surface area contributed by atoms with Crippen LogP contribution >= 0.6 is 27.3 Å². The summed E-state index contributed by atoms with van der Waals surface area (Å²) in [5.41, 5.74) is 2.47. The van der Waals surface area contributed by atoms with Crippen molar-refractivity contribution < 1.29 is 4.79 Å². The lowest BCUT2D eigenvalue weighted by molar-refractivity contribution is -0.119. The minimum Gasteiger partial charge on any atom is -0.311 e. The number of aromatic nitrogens is 2. The van der Waals surface area contributed by atoms with Gasteiger partial charge in [-0.2, -0.15) is 0 Å². The Morgan fingerprint density at radius 2 is 1.83 bits per heavy atom. The third kappa shape index (κ3) is 3.82. The van der Waals surface area contributed by atoms with Crippen LogP contribution in [0.15, 0.2) is 70.2 Å². The number of thiophene rings is 1. The van der Waals surface area contributed by atoms with E-state index in [0.717, 1.165) is 26.2 Å². The largest absolute Gasteiger partial charge is 0.311 e. The summed E-state index contributed by atoms with van der Waals surface area (Å²) in [6.07, 6.45) is 1.47. The Bertz CT molecular complexity index is 1260. The second kappa shape index (κ2) is 8.53. The van der Waals surface area contributed by atoms with Crippen molar-refractivity contribution in [3.63, 3.8) is 0 Å². The zero-order valence-corrected chi connectivity index (χ0v) is 19.0. The molecule has 1 amide bonds. The summed E-state index contributed by atoms with van der Waals surface area (Å²) in [6, 6.07) is 17.3. The van der Waals surface area contributed by atoms with Gasteiger partial charge in [-0.25, -0.2) is 4.98 Å². The van der Waals surface area contributed by atoms with Crippen LogP contribution in [-0.2, 0) is 11.3 Å². The maximum Gasteiger partial charge on any atom is 0.263 e. The number of amides is 1. The van der Waals surface area contributed by atoms with E-state index in [0.29, 0.717) is 16.8 Å². The number of rotatable bonds is 5. The number of hydrogen-bond acceptors (Lipinski definition) is 4. The third-order valence-corrected chi connectivity index (χ3v) is 6.52. The highest BCUT2D eigenvalue weighted by atomic mass is 79.9. The van der Waals surface area contributed by atoms with Gasteiger partial charge in [0.1, 0.15) is 11.4 Å². The molecule has 0 saturated heterocycles. The normalized spacial score (nSPS) is 11.0. The molecule has 0 atom stereocenters. The van der Waals surface area contributed by atoms with Crippen LogP contribution in [0.3, 0.4) is 0 Å². The Balaban J connectivity index is 1.75. The Kier molecular flexibility index (Phi) is 5.83. The van der Waals surface area contributed by atoms with Crippen molar-refractivity contribution in [3.05, 3.63) is 80.6 Å². The van der Waals surface area contributed by atoms with Gasteiger partial charge in [0.05, 0.1) is 11.7 Å². The molecule has 2 aromatic heterocycles. The molecule has 0 unspecified atom stereocenters. The van der Waals surface area contributed by atoms with Crippen molar-refractivity contribution >= 4 is 49.1 Å². The van der Waals surface area contributed by atoms with Crippen molar-refractivity contribution in [1.82, 2.24) is 9.55 Å². The molecule has 0 aliphatic rings. The smallest absolute Gasteiger partial charge is 0.263 e. The summed E-state index contributed by atoms with van der Waals surface area (Å²) in [5, 5.41) is 0.567. The van der Waals surface area contributed by atoms with Crippen molar-refractivity contribution in [2.24, 2.45) is 0 Å². The molecular weight excluding hydrogens is 462 g/mol. The molecule has 0 aliphatic carbocycles. The Morgan fingerprint density at radius 3 is 2.50 bits per heavy atom. The number of benzene rings is 2. The fraction of sp³-hybridized carbons (Fsp3) is 0.174. The molecule has 0 N–H and O–H groups in total. The molecule has 2 aromatic carbocycles. The zero-order valence-electron chi connectivity index (χ0n) is 16.6. The fourth-order valence-corrected chi connectivity index (χ4v) is 4.82. The van der Waals surface area contributed by atoms with Gasteiger partial charge < -0.3 is 4.90 Å². The van der Waals surface area contributed by atoms with Crippen LogP contribution in [0.2, 0.25) is 0 Å².